The minimum Gasteiger partial charge on any atom is -0.394 e. The Balaban J connectivity index is 1.37. The zero-order valence-corrected chi connectivity index (χ0v) is 17.6. The standard InChI is InChI=1S/C24H23ClN4O2/c25-20-12-21-23(29-24(27-21)26-18-10-11-19(13-30)31-14-18)28-22(20)17-8-6-16(7-9-17)15-4-2-1-3-5-15/h1-9,12,18-19,30H,10-11,13-14H2,(H2,26,27,28,29). The normalized spacial score (nSPS) is 18.9. The highest BCUT2D eigenvalue weighted by Gasteiger charge is 2.22. The first-order chi connectivity index (χ1) is 15.2. The van der Waals surface area contributed by atoms with E-state index in [4.69, 9.17) is 21.3 Å². The summed E-state index contributed by atoms with van der Waals surface area (Å²) in [6.45, 7) is 0.602. The maximum Gasteiger partial charge on any atom is 0.203 e. The van der Waals surface area contributed by atoms with Crippen LogP contribution in [0.25, 0.3) is 33.5 Å². The van der Waals surface area contributed by atoms with Gasteiger partial charge in [-0.25, -0.2) is 4.98 Å². The van der Waals surface area contributed by atoms with Crippen LogP contribution in [0.1, 0.15) is 12.8 Å². The molecular weight excluding hydrogens is 412 g/mol. The fraction of sp³-hybridized carbons (Fsp3) is 0.250. The predicted molar refractivity (Wildman–Crippen MR) is 123 cm³/mol. The van der Waals surface area contributed by atoms with E-state index in [0.717, 1.165) is 29.5 Å². The van der Waals surface area contributed by atoms with E-state index in [1.165, 1.54) is 5.56 Å². The lowest BCUT2D eigenvalue weighted by Crippen LogP contribution is -2.36. The predicted octanol–water partition coefficient (Wildman–Crippen LogP) is 4.90. The van der Waals surface area contributed by atoms with Crippen LogP contribution in [0, 0.1) is 0 Å². The van der Waals surface area contributed by atoms with Crippen LogP contribution < -0.4 is 5.32 Å². The Bertz CT molecular complexity index is 1170. The van der Waals surface area contributed by atoms with Crippen LogP contribution in [0.4, 0.5) is 5.95 Å². The first kappa shape index (κ1) is 20.0. The lowest BCUT2D eigenvalue weighted by Gasteiger charge is -2.28. The van der Waals surface area contributed by atoms with Crippen LogP contribution in [-0.2, 0) is 4.74 Å². The molecule has 1 fully saturated rings. The van der Waals surface area contributed by atoms with Crippen LogP contribution >= 0.6 is 11.6 Å². The molecule has 1 aliphatic heterocycles. The third-order valence-electron chi connectivity index (χ3n) is 5.61. The van der Waals surface area contributed by atoms with Crippen LogP contribution in [-0.4, -0.2) is 45.4 Å². The molecule has 2 aromatic heterocycles. The number of aromatic amines is 1. The number of aromatic nitrogens is 3. The Kier molecular flexibility index (Phi) is 5.59. The van der Waals surface area contributed by atoms with Crippen molar-refractivity contribution in [2.45, 2.75) is 25.0 Å². The molecule has 0 aliphatic carbocycles. The second-order valence-corrected chi connectivity index (χ2v) is 8.18. The number of hydrogen-bond donors (Lipinski definition) is 3. The van der Waals surface area contributed by atoms with Crippen molar-refractivity contribution in [1.29, 1.82) is 0 Å². The summed E-state index contributed by atoms with van der Waals surface area (Å²) in [4.78, 5) is 12.5. The smallest absolute Gasteiger partial charge is 0.203 e. The highest BCUT2D eigenvalue weighted by atomic mass is 35.5. The molecule has 3 heterocycles. The molecule has 0 radical (unpaired) electrons. The molecule has 1 saturated heterocycles. The highest BCUT2D eigenvalue weighted by Crippen LogP contribution is 2.31. The van der Waals surface area contributed by atoms with E-state index in [2.05, 4.69) is 39.6 Å². The van der Waals surface area contributed by atoms with E-state index in [-0.39, 0.29) is 18.8 Å². The topological polar surface area (TPSA) is 83.1 Å². The molecule has 4 aromatic rings. The number of halogens is 1. The molecule has 0 bridgehead atoms. The van der Waals surface area contributed by atoms with Gasteiger partial charge in [-0.1, -0.05) is 66.2 Å². The summed E-state index contributed by atoms with van der Waals surface area (Å²) in [5.74, 6) is 0.645. The fourth-order valence-electron chi connectivity index (χ4n) is 3.90. The molecule has 0 amide bonds. The van der Waals surface area contributed by atoms with Gasteiger partial charge in [0.25, 0.3) is 0 Å². The van der Waals surface area contributed by atoms with Crippen molar-refractivity contribution in [1.82, 2.24) is 15.0 Å². The largest absolute Gasteiger partial charge is 0.394 e. The minimum atomic E-state index is -0.0648. The second-order valence-electron chi connectivity index (χ2n) is 7.78. The molecule has 2 atom stereocenters. The second kappa shape index (κ2) is 8.67. The Morgan fingerprint density at radius 2 is 1.74 bits per heavy atom. The third kappa shape index (κ3) is 4.28. The van der Waals surface area contributed by atoms with Gasteiger partial charge in [-0.15, -0.1) is 0 Å². The number of aliphatic hydroxyl groups excluding tert-OH is 1. The average Bonchev–Trinajstić information content (AvgIpc) is 3.20. The molecule has 0 saturated carbocycles. The summed E-state index contributed by atoms with van der Waals surface area (Å²) in [7, 11) is 0. The van der Waals surface area contributed by atoms with Crippen molar-refractivity contribution >= 4 is 28.7 Å². The first-order valence-electron chi connectivity index (χ1n) is 10.4. The van der Waals surface area contributed by atoms with E-state index in [1.807, 2.05) is 36.4 Å². The number of aliphatic hydroxyl groups is 1. The van der Waals surface area contributed by atoms with Crippen molar-refractivity contribution in [2.75, 3.05) is 18.5 Å². The van der Waals surface area contributed by atoms with Gasteiger partial charge in [-0.2, -0.15) is 4.98 Å². The molecular formula is C24H23ClN4O2. The summed E-state index contributed by atoms with van der Waals surface area (Å²) in [5.41, 5.74) is 5.36. The maximum absolute atomic E-state index is 9.20. The van der Waals surface area contributed by atoms with E-state index in [0.29, 0.717) is 28.9 Å². The molecule has 0 spiro atoms. The number of pyridine rings is 1. The van der Waals surface area contributed by atoms with Crippen LogP contribution in [0.3, 0.4) is 0 Å². The highest BCUT2D eigenvalue weighted by molar-refractivity contribution is 6.33. The molecule has 7 heteroatoms. The number of anilines is 1. The van der Waals surface area contributed by atoms with E-state index >= 15 is 0 Å². The number of benzene rings is 2. The quantitative estimate of drug-likeness (QED) is 0.416. The Morgan fingerprint density at radius 1 is 1.00 bits per heavy atom. The van der Waals surface area contributed by atoms with E-state index < -0.39 is 0 Å². The third-order valence-corrected chi connectivity index (χ3v) is 5.89. The molecule has 158 valence electrons. The lowest BCUT2D eigenvalue weighted by atomic mass is 10.0. The van der Waals surface area contributed by atoms with Crippen molar-refractivity contribution in [3.63, 3.8) is 0 Å². The van der Waals surface area contributed by atoms with Gasteiger partial charge in [-0.3, -0.25) is 0 Å². The summed E-state index contributed by atoms with van der Waals surface area (Å²) in [6, 6.07) is 20.5. The Morgan fingerprint density at radius 3 is 2.45 bits per heavy atom. The van der Waals surface area contributed by atoms with Gasteiger partial charge in [-0.05, 0) is 30.0 Å². The summed E-state index contributed by atoms with van der Waals surface area (Å²) >= 11 is 6.55. The fourth-order valence-corrected chi connectivity index (χ4v) is 4.16. The number of ether oxygens (including phenoxy) is 1. The lowest BCUT2D eigenvalue weighted by molar-refractivity contribution is -0.0224. The number of fused-ring (bicyclic) bond motifs is 1. The summed E-state index contributed by atoms with van der Waals surface area (Å²) in [5, 5.41) is 13.1. The number of nitrogens with zero attached hydrogens (tertiary/aromatic N) is 2. The van der Waals surface area contributed by atoms with E-state index in [9.17, 15) is 5.11 Å². The number of nitrogens with one attached hydrogen (secondary N) is 2. The van der Waals surface area contributed by atoms with Crippen molar-refractivity contribution in [2.24, 2.45) is 0 Å². The first-order valence-corrected chi connectivity index (χ1v) is 10.8. The number of rotatable bonds is 5. The molecule has 6 nitrogen and oxygen atoms in total. The monoisotopic (exact) mass is 434 g/mol. The molecule has 1 aliphatic rings. The van der Waals surface area contributed by atoms with Gasteiger partial charge in [0.1, 0.15) is 0 Å². The Labute approximate surface area is 185 Å². The summed E-state index contributed by atoms with van der Waals surface area (Å²) in [6.07, 6.45) is 1.67. The van der Waals surface area contributed by atoms with Gasteiger partial charge in [0.05, 0.1) is 41.6 Å². The van der Waals surface area contributed by atoms with E-state index in [1.54, 1.807) is 0 Å². The summed E-state index contributed by atoms with van der Waals surface area (Å²) < 4.78 is 5.63. The van der Waals surface area contributed by atoms with Crippen LogP contribution in [0.5, 0.6) is 0 Å². The van der Waals surface area contributed by atoms with Crippen molar-refractivity contribution in [3.8, 4) is 22.4 Å². The van der Waals surface area contributed by atoms with Crippen molar-refractivity contribution in [3.05, 3.63) is 65.7 Å². The van der Waals surface area contributed by atoms with Crippen LogP contribution in [0.2, 0.25) is 5.02 Å². The minimum absolute atomic E-state index is 0.0644. The molecule has 5 rings (SSSR count). The molecule has 2 unspecified atom stereocenters. The average molecular weight is 435 g/mol. The number of hydrogen-bond acceptors (Lipinski definition) is 5. The van der Waals surface area contributed by atoms with Gasteiger partial charge in [0, 0.05) is 5.56 Å². The SMILES string of the molecule is OCC1CCC(Nc2nc3nc(-c4ccc(-c5ccccc5)cc4)c(Cl)cc3[nH]2)CO1. The maximum atomic E-state index is 9.20. The molecule has 2 aromatic carbocycles. The van der Waals surface area contributed by atoms with Crippen LogP contribution in [0.15, 0.2) is 60.7 Å². The zero-order valence-electron chi connectivity index (χ0n) is 16.9. The van der Waals surface area contributed by atoms with Gasteiger partial charge < -0.3 is 20.1 Å². The molecule has 31 heavy (non-hydrogen) atoms. The zero-order chi connectivity index (χ0) is 21.2. The van der Waals surface area contributed by atoms with Crippen molar-refractivity contribution < 1.29 is 9.84 Å². The Hall–Kier alpha value is -2.93. The number of H-pyrrole nitrogens is 1. The van der Waals surface area contributed by atoms with Gasteiger partial charge in [0.2, 0.25) is 5.95 Å². The number of imidazole rings is 1. The molecule has 3 N–H and O–H groups in total. The van der Waals surface area contributed by atoms with Gasteiger partial charge in [0.15, 0.2) is 5.65 Å². The van der Waals surface area contributed by atoms with Gasteiger partial charge >= 0.3 is 0 Å².